The summed E-state index contributed by atoms with van der Waals surface area (Å²) in [5.74, 6) is 0. The zero-order valence-electron chi connectivity index (χ0n) is 29.6. The van der Waals surface area contributed by atoms with Crippen LogP contribution in [0.5, 0.6) is 0 Å². The van der Waals surface area contributed by atoms with Crippen molar-refractivity contribution in [3.8, 4) is 44.5 Å². The first kappa shape index (κ1) is 31.6. The molecule has 10 rings (SSSR count). The van der Waals surface area contributed by atoms with E-state index in [1.54, 1.807) is 0 Å². The highest BCUT2D eigenvalue weighted by atomic mass is 16.3. The average Bonchev–Trinajstić information content (AvgIpc) is 3.64. The summed E-state index contributed by atoms with van der Waals surface area (Å²) in [4.78, 5) is 2.37. The number of hydrogen-bond donors (Lipinski definition) is 0. The third-order valence-corrected chi connectivity index (χ3v) is 10.5. The molecule has 1 heterocycles. The van der Waals surface area contributed by atoms with Crippen LogP contribution in [-0.2, 0) is 0 Å². The van der Waals surface area contributed by atoms with Crippen molar-refractivity contribution in [3.05, 3.63) is 212 Å². The van der Waals surface area contributed by atoms with Gasteiger partial charge in [-0.2, -0.15) is 0 Å². The molecule has 0 saturated carbocycles. The van der Waals surface area contributed by atoms with Crippen molar-refractivity contribution < 1.29 is 4.42 Å². The highest BCUT2D eigenvalue weighted by Crippen LogP contribution is 2.43. The quantitative estimate of drug-likeness (QED) is 0.166. The standard InChI is InChI=1S/C52H35NO/c1-3-11-36(12-4-1)38-19-21-42(22-20-38)46-16-9-10-18-50(46)53(44-29-23-39(24-30-44)37-13-5-2-6-14-37)45-31-25-40(26-32-45)43-28-33-48-49-34-27-41-15-7-8-17-47(41)52(49)54-51(48)35-43/h1-35H. The van der Waals surface area contributed by atoms with Crippen LogP contribution in [0.1, 0.15) is 0 Å². The van der Waals surface area contributed by atoms with Crippen LogP contribution in [0.4, 0.5) is 17.1 Å². The van der Waals surface area contributed by atoms with Crippen LogP contribution < -0.4 is 4.90 Å². The van der Waals surface area contributed by atoms with E-state index < -0.39 is 0 Å². The lowest BCUT2D eigenvalue weighted by atomic mass is 9.98. The first-order chi connectivity index (χ1) is 26.8. The molecule has 0 spiro atoms. The van der Waals surface area contributed by atoms with Crippen LogP contribution in [0.15, 0.2) is 217 Å². The monoisotopic (exact) mass is 689 g/mol. The molecule has 0 aliphatic rings. The predicted molar refractivity (Wildman–Crippen MR) is 228 cm³/mol. The van der Waals surface area contributed by atoms with E-state index in [0.717, 1.165) is 61.1 Å². The SMILES string of the molecule is c1ccc(-c2ccc(-c3ccccc3N(c3ccc(-c4ccccc4)cc3)c3ccc(-c4ccc5c(c4)oc4c6ccccc6ccc54)cc3)cc2)cc1. The predicted octanol–water partition coefficient (Wildman–Crippen LogP) is 14.9. The van der Waals surface area contributed by atoms with Crippen molar-refractivity contribution in [1.82, 2.24) is 0 Å². The van der Waals surface area contributed by atoms with Gasteiger partial charge in [-0.05, 0) is 92.9 Å². The molecule has 0 fully saturated rings. The highest BCUT2D eigenvalue weighted by molar-refractivity contribution is 6.15. The Kier molecular flexibility index (Phi) is 7.85. The third kappa shape index (κ3) is 5.71. The molecule has 0 saturated heterocycles. The van der Waals surface area contributed by atoms with Gasteiger partial charge in [0.2, 0.25) is 0 Å². The molecule has 0 unspecified atom stereocenters. The Balaban J connectivity index is 1.05. The third-order valence-electron chi connectivity index (χ3n) is 10.5. The second kappa shape index (κ2) is 13.4. The molecule has 2 heteroatoms. The molecule has 54 heavy (non-hydrogen) atoms. The lowest BCUT2D eigenvalue weighted by molar-refractivity contribution is 0.673. The van der Waals surface area contributed by atoms with Crippen molar-refractivity contribution in [2.24, 2.45) is 0 Å². The molecule has 0 N–H and O–H groups in total. The maximum absolute atomic E-state index is 6.53. The molecule has 254 valence electrons. The fourth-order valence-corrected chi connectivity index (χ4v) is 7.73. The Morgan fingerprint density at radius 2 is 0.796 bits per heavy atom. The number of nitrogens with zero attached hydrogens (tertiary/aromatic N) is 1. The molecular formula is C52H35NO. The number of hydrogen-bond acceptors (Lipinski definition) is 2. The average molecular weight is 690 g/mol. The lowest BCUT2D eigenvalue weighted by Crippen LogP contribution is -2.11. The topological polar surface area (TPSA) is 16.4 Å². The molecule has 0 aliphatic carbocycles. The maximum atomic E-state index is 6.53. The Hall–Kier alpha value is -7.16. The smallest absolute Gasteiger partial charge is 0.143 e. The van der Waals surface area contributed by atoms with Crippen molar-refractivity contribution in [1.29, 1.82) is 0 Å². The van der Waals surface area contributed by atoms with Crippen LogP contribution in [0, 0.1) is 0 Å². The molecule has 0 bridgehead atoms. The Bertz CT molecular complexity index is 2890. The van der Waals surface area contributed by atoms with E-state index in [-0.39, 0.29) is 0 Å². The first-order valence-corrected chi connectivity index (χ1v) is 18.4. The number of rotatable bonds is 7. The van der Waals surface area contributed by atoms with Crippen LogP contribution in [0.2, 0.25) is 0 Å². The minimum Gasteiger partial charge on any atom is -0.455 e. The van der Waals surface area contributed by atoms with Gasteiger partial charge in [0, 0.05) is 33.1 Å². The van der Waals surface area contributed by atoms with Gasteiger partial charge < -0.3 is 9.32 Å². The van der Waals surface area contributed by atoms with E-state index in [4.69, 9.17) is 4.42 Å². The first-order valence-electron chi connectivity index (χ1n) is 18.4. The van der Waals surface area contributed by atoms with E-state index in [1.165, 1.54) is 33.2 Å². The summed E-state index contributed by atoms with van der Waals surface area (Å²) in [5, 5.41) is 4.61. The van der Waals surface area contributed by atoms with Gasteiger partial charge in [-0.3, -0.25) is 0 Å². The summed E-state index contributed by atoms with van der Waals surface area (Å²) < 4.78 is 6.53. The Morgan fingerprint density at radius 3 is 1.46 bits per heavy atom. The van der Waals surface area contributed by atoms with E-state index in [2.05, 4.69) is 217 Å². The fourth-order valence-electron chi connectivity index (χ4n) is 7.73. The summed E-state index contributed by atoms with van der Waals surface area (Å²) in [6.45, 7) is 0. The van der Waals surface area contributed by atoms with Gasteiger partial charge in [0.05, 0.1) is 5.69 Å². The fraction of sp³-hybridized carbons (Fsp3) is 0. The van der Waals surface area contributed by atoms with Crippen molar-refractivity contribution in [2.75, 3.05) is 4.90 Å². The van der Waals surface area contributed by atoms with Crippen LogP contribution in [0.3, 0.4) is 0 Å². The number of fused-ring (bicyclic) bond motifs is 5. The van der Waals surface area contributed by atoms with Crippen molar-refractivity contribution in [2.45, 2.75) is 0 Å². The van der Waals surface area contributed by atoms with Gasteiger partial charge in [0.15, 0.2) is 0 Å². The second-order valence-corrected chi connectivity index (χ2v) is 13.7. The van der Waals surface area contributed by atoms with E-state index in [9.17, 15) is 0 Å². The number of benzene rings is 9. The summed E-state index contributed by atoms with van der Waals surface area (Å²) in [7, 11) is 0. The van der Waals surface area contributed by atoms with Gasteiger partial charge >= 0.3 is 0 Å². The summed E-state index contributed by atoms with van der Waals surface area (Å²) in [5.41, 5.74) is 14.5. The number of para-hydroxylation sites is 1. The summed E-state index contributed by atoms with van der Waals surface area (Å²) in [6, 6.07) is 75.8. The molecule has 0 atom stereocenters. The zero-order valence-corrected chi connectivity index (χ0v) is 29.6. The Morgan fingerprint density at radius 1 is 0.315 bits per heavy atom. The van der Waals surface area contributed by atoms with Gasteiger partial charge in [-0.1, -0.05) is 164 Å². The minimum absolute atomic E-state index is 0.898. The van der Waals surface area contributed by atoms with Crippen LogP contribution in [-0.4, -0.2) is 0 Å². The molecule has 0 amide bonds. The van der Waals surface area contributed by atoms with Crippen molar-refractivity contribution >= 4 is 49.8 Å². The molecule has 10 aromatic rings. The maximum Gasteiger partial charge on any atom is 0.143 e. The molecule has 0 radical (unpaired) electrons. The second-order valence-electron chi connectivity index (χ2n) is 13.7. The molecule has 9 aromatic carbocycles. The van der Waals surface area contributed by atoms with E-state index in [1.807, 2.05) is 0 Å². The normalized spacial score (nSPS) is 11.3. The summed E-state index contributed by atoms with van der Waals surface area (Å²) in [6.07, 6.45) is 0. The van der Waals surface area contributed by atoms with Crippen LogP contribution >= 0.6 is 0 Å². The molecule has 0 aliphatic heterocycles. The Labute approximate surface area is 314 Å². The van der Waals surface area contributed by atoms with Gasteiger partial charge in [-0.25, -0.2) is 0 Å². The highest BCUT2D eigenvalue weighted by Gasteiger charge is 2.18. The van der Waals surface area contributed by atoms with E-state index >= 15 is 0 Å². The molecule has 1 aromatic heterocycles. The molecular weight excluding hydrogens is 655 g/mol. The zero-order chi connectivity index (χ0) is 35.8. The number of anilines is 3. The van der Waals surface area contributed by atoms with Gasteiger partial charge in [-0.15, -0.1) is 0 Å². The van der Waals surface area contributed by atoms with Crippen LogP contribution in [0.25, 0.3) is 77.2 Å². The van der Waals surface area contributed by atoms with Gasteiger partial charge in [0.1, 0.15) is 11.2 Å². The van der Waals surface area contributed by atoms with E-state index in [0.29, 0.717) is 0 Å². The van der Waals surface area contributed by atoms with Crippen molar-refractivity contribution in [3.63, 3.8) is 0 Å². The van der Waals surface area contributed by atoms with Gasteiger partial charge in [0.25, 0.3) is 0 Å². The summed E-state index contributed by atoms with van der Waals surface area (Å²) >= 11 is 0. The minimum atomic E-state index is 0.898. The largest absolute Gasteiger partial charge is 0.455 e. The lowest BCUT2D eigenvalue weighted by Gasteiger charge is -2.28. The molecule has 2 nitrogen and oxygen atoms in total. The number of furan rings is 1.